The quantitative estimate of drug-likeness (QED) is 0.593. The van der Waals surface area contributed by atoms with Gasteiger partial charge in [-0.2, -0.15) is 5.10 Å². The van der Waals surface area contributed by atoms with Gasteiger partial charge in [0, 0.05) is 17.6 Å². The average molecular weight is 296 g/mol. The number of ether oxygens (including phenoxy) is 1. The fourth-order valence-corrected chi connectivity index (χ4v) is 1.96. The molecule has 0 spiro atoms. The summed E-state index contributed by atoms with van der Waals surface area (Å²) in [4.78, 5) is 8.49. The number of pyridine rings is 2. The van der Waals surface area contributed by atoms with E-state index < -0.39 is 5.82 Å². The minimum atomic E-state index is -0.407. The lowest BCUT2D eigenvalue weighted by atomic mass is 10.2. The van der Waals surface area contributed by atoms with Crippen molar-refractivity contribution in [1.29, 1.82) is 0 Å². The maximum atomic E-state index is 13.6. The summed E-state index contributed by atoms with van der Waals surface area (Å²) in [7, 11) is 1.42. The maximum absolute atomic E-state index is 13.6. The molecule has 0 amide bonds. The van der Waals surface area contributed by atoms with Gasteiger partial charge in [-0.05, 0) is 24.3 Å². The number of rotatable bonds is 4. The van der Waals surface area contributed by atoms with Crippen LogP contribution in [0.1, 0.15) is 5.69 Å². The molecule has 0 unspecified atom stereocenters. The van der Waals surface area contributed by atoms with Crippen LogP contribution in [0.4, 0.5) is 10.2 Å². The zero-order chi connectivity index (χ0) is 15.4. The van der Waals surface area contributed by atoms with Gasteiger partial charge in [-0.15, -0.1) is 0 Å². The number of benzene rings is 1. The van der Waals surface area contributed by atoms with E-state index >= 15 is 0 Å². The highest BCUT2D eigenvalue weighted by Crippen LogP contribution is 2.23. The van der Waals surface area contributed by atoms with Crippen molar-refractivity contribution >= 4 is 22.9 Å². The second-order valence-corrected chi connectivity index (χ2v) is 4.50. The highest BCUT2D eigenvalue weighted by atomic mass is 19.1. The van der Waals surface area contributed by atoms with Crippen molar-refractivity contribution < 1.29 is 9.13 Å². The standard InChI is InChI=1S/C16H13FN4O/c1-22-15-9-14-11(8-13(15)17)5-6-12(20-14)10-19-21-16-4-2-3-7-18-16/h2-10H,1H3,(H,18,21)/b19-10+. The normalized spacial score (nSPS) is 11.0. The van der Waals surface area contributed by atoms with Gasteiger partial charge in [0.05, 0.1) is 24.5 Å². The summed E-state index contributed by atoms with van der Waals surface area (Å²) in [6, 6.07) is 12.0. The molecule has 0 atom stereocenters. The smallest absolute Gasteiger partial charge is 0.165 e. The molecular weight excluding hydrogens is 283 g/mol. The van der Waals surface area contributed by atoms with Crippen molar-refractivity contribution in [3.05, 3.63) is 60.2 Å². The van der Waals surface area contributed by atoms with E-state index in [-0.39, 0.29) is 5.75 Å². The molecule has 3 aromatic rings. The Kier molecular flexibility index (Phi) is 3.91. The SMILES string of the molecule is COc1cc2nc(/C=N/Nc3ccccn3)ccc2cc1F. The Morgan fingerprint density at radius 3 is 2.91 bits per heavy atom. The van der Waals surface area contributed by atoms with Crippen molar-refractivity contribution in [3.63, 3.8) is 0 Å². The molecule has 5 nitrogen and oxygen atoms in total. The molecule has 2 aromatic heterocycles. The van der Waals surface area contributed by atoms with Crippen LogP contribution in [-0.2, 0) is 0 Å². The molecule has 0 saturated heterocycles. The molecule has 6 heteroatoms. The number of fused-ring (bicyclic) bond motifs is 1. The van der Waals surface area contributed by atoms with Crippen LogP contribution in [-0.4, -0.2) is 23.3 Å². The first-order valence-electron chi connectivity index (χ1n) is 6.60. The molecule has 3 rings (SSSR count). The third-order valence-electron chi connectivity index (χ3n) is 3.03. The molecule has 2 heterocycles. The zero-order valence-corrected chi connectivity index (χ0v) is 11.8. The number of methoxy groups -OCH3 is 1. The number of aromatic nitrogens is 2. The van der Waals surface area contributed by atoms with Crippen LogP contribution < -0.4 is 10.2 Å². The van der Waals surface area contributed by atoms with Crippen LogP contribution in [0, 0.1) is 5.82 Å². The number of nitrogens with one attached hydrogen (secondary N) is 1. The van der Waals surface area contributed by atoms with Gasteiger partial charge in [-0.1, -0.05) is 12.1 Å². The maximum Gasteiger partial charge on any atom is 0.165 e. The Labute approximate surface area is 126 Å². The van der Waals surface area contributed by atoms with Crippen LogP contribution in [0.15, 0.2) is 53.8 Å². The molecule has 0 saturated carbocycles. The van der Waals surface area contributed by atoms with Gasteiger partial charge in [0.1, 0.15) is 5.82 Å². The van der Waals surface area contributed by atoms with Gasteiger partial charge >= 0.3 is 0 Å². The summed E-state index contributed by atoms with van der Waals surface area (Å²) in [5, 5.41) is 4.78. The lowest BCUT2D eigenvalue weighted by molar-refractivity contribution is 0.387. The molecule has 0 aliphatic carbocycles. The monoisotopic (exact) mass is 296 g/mol. The number of anilines is 1. The van der Waals surface area contributed by atoms with E-state index in [1.165, 1.54) is 13.2 Å². The van der Waals surface area contributed by atoms with Crippen molar-refractivity contribution in [2.75, 3.05) is 12.5 Å². The van der Waals surface area contributed by atoms with Gasteiger partial charge in [-0.25, -0.2) is 14.4 Å². The number of hydrogen-bond acceptors (Lipinski definition) is 5. The molecule has 110 valence electrons. The second kappa shape index (κ2) is 6.17. The van der Waals surface area contributed by atoms with E-state index in [2.05, 4.69) is 20.5 Å². The number of hydrazone groups is 1. The first-order valence-corrected chi connectivity index (χ1v) is 6.60. The third-order valence-corrected chi connectivity index (χ3v) is 3.03. The van der Waals surface area contributed by atoms with Gasteiger partial charge in [-0.3, -0.25) is 5.43 Å². The minimum absolute atomic E-state index is 0.167. The fourth-order valence-electron chi connectivity index (χ4n) is 1.96. The van der Waals surface area contributed by atoms with E-state index in [4.69, 9.17) is 4.74 Å². The highest BCUT2D eigenvalue weighted by molar-refractivity contribution is 5.86. The van der Waals surface area contributed by atoms with E-state index in [0.717, 1.165) is 0 Å². The Morgan fingerprint density at radius 2 is 2.14 bits per heavy atom. The predicted molar refractivity (Wildman–Crippen MR) is 83.7 cm³/mol. The minimum Gasteiger partial charge on any atom is -0.494 e. The third kappa shape index (κ3) is 3.01. The summed E-state index contributed by atoms with van der Waals surface area (Å²) in [6.45, 7) is 0. The number of nitrogens with zero attached hydrogens (tertiary/aromatic N) is 3. The van der Waals surface area contributed by atoms with Crippen molar-refractivity contribution in [3.8, 4) is 5.75 Å². The molecular formula is C16H13FN4O. The molecule has 22 heavy (non-hydrogen) atoms. The first-order chi connectivity index (χ1) is 10.8. The zero-order valence-electron chi connectivity index (χ0n) is 11.8. The van der Waals surface area contributed by atoms with Crippen LogP contribution in [0.3, 0.4) is 0 Å². The fraction of sp³-hybridized carbons (Fsp3) is 0.0625. The molecule has 1 aromatic carbocycles. The molecule has 1 N–H and O–H groups in total. The number of halogens is 1. The Hall–Kier alpha value is -3.02. The largest absolute Gasteiger partial charge is 0.494 e. The number of hydrogen-bond donors (Lipinski definition) is 1. The summed E-state index contributed by atoms with van der Waals surface area (Å²) in [6.07, 6.45) is 3.25. The Balaban J connectivity index is 1.83. The summed E-state index contributed by atoms with van der Waals surface area (Å²) in [5.74, 6) is 0.402. The Morgan fingerprint density at radius 1 is 1.23 bits per heavy atom. The van der Waals surface area contributed by atoms with E-state index in [9.17, 15) is 4.39 Å². The Bertz CT molecular complexity index is 821. The second-order valence-electron chi connectivity index (χ2n) is 4.50. The molecule has 0 bridgehead atoms. The lowest BCUT2D eigenvalue weighted by Crippen LogP contribution is -1.95. The first kappa shape index (κ1) is 13.9. The predicted octanol–water partition coefficient (Wildman–Crippen LogP) is 3.22. The van der Waals surface area contributed by atoms with Crippen LogP contribution in [0.2, 0.25) is 0 Å². The van der Waals surface area contributed by atoms with Gasteiger partial charge in [0.15, 0.2) is 11.6 Å². The topological polar surface area (TPSA) is 59.4 Å². The molecule has 0 radical (unpaired) electrons. The summed E-state index contributed by atoms with van der Waals surface area (Å²) < 4.78 is 18.6. The molecule has 0 fully saturated rings. The van der Waals surface area contributed by atoms with E-state index in [0.29, 0.717) is 22.4 Å². The molecule has 0 aliphatic heterocycles. The van der Waals surface area contributed by atoms with Crippen LogP contribution >= 0.6 is 0 Å². The highest BCUT2D eigenvalue weighted by Gasteiger charge is 2.06. The van der Waals surface area contributed by atoms with Crippen LogP contribution in [0.5, 0.6) is 5.75 Å². The molecule has 0 aliphatic rings. The van der Waals surface area contributed by atoms with Crippen LogP contribution in [0.25, 0.3) is 10.9 Å². The van der Waals surface area contributed by atoms with Gasteiger partial charge in [0.2, 0.25) is 0 Å². The van der Waals surface area contributed by atoms with Crippen molar-refractivity contribution in [2.24, 2.45) is 5.10 Å². The van der Waals surface area contributed by atoms with Gasteiger partial charge in [0.25, 0.3) is 0 Å². The average Bonchev–Trinajstić information content (AvgIpc) is 2.55. The lowest BCUT2D eigenvalue weighted by Gasteiger charge is -2.04. The summed E-state index contributed by atoms with van der Waals surface area (Å²) in [5.41, 5.74) is 4.09. The van der Waals surface area contributed by atoms with E-state index in [1.807, 2.05) is 12.1 Å². The van der Waals surface area contributed by atoms with E-state index in [1.54, 1.807) is 36.7 Å². The summed E-state index contributed by atoms with van der Waals surface area (Å²) >= 11 is 0. The van der Waals surface area contributed by atoms with Crippen molar-refractivity contribution in [1.82, 2.24) is 9.97 Å². The van der Waals surface area contributed by atoms with Crippen molar-refractivity contribution in [2.45, 2.75) is 0 Å². The van der Waals surface area contributed by atoms with Gasteiger partial charge < -0.3 is 4.74 Å².